The van der Waals surface area contributed by atoms with Crippen LogP contribution in [-0.2, 0) is 13.0 Å². The lowest BCUT2D eigenvalue weighted by Gasteiger charge is -2.08. The van der Waals surface area contributed by atoms with Crippen molar-refractivity contribution in [3.05, 3.63) is 62.2 Å². The molecule has 3 aromatic rings. The number of carbonyl (C=O) groups excluding carboxylic acids is 1. The lowest BCUT2D eigenvalue weighted by Crippen LogP contribution is -2.33. The molecule has 0 fully saturated rings. The second kappa shape index (κ2) is 6.47. The molecule has 0 aromatic carbocycles. The van der Waals surface area contributed by atoms with Crippen LogP contribution in [-0.4, -0.2) is 20.3 Å². The summed E-state index contributed by atoms with van der Waals surface area (Å²) in [7, 11) is 0. The van der Waals surface area contributed by atoms with Crippen molar-refractivity contribution in [3.63, 3.8) is 0 Å². The molecule has 1 N–H and O–H groups in total. The number of nitrogens with zero attached hydrogens (tertiary/aromatic N) is 3. The zero-order valence-electron chi connectivity index (χ0n) is 12.2. The van der Waals surface area contributed by atoms with Crippen LogP contribution < -0.4 is 10.9 Å². The highest BCUT2D eigenvalue weighted by molar-refractivity contribution is 7.15. The van der Waals surface area contributed by atoms with E-state index in [0.717, 1.165) is 5.56 Å². The molecular weight excluding hydrogens is 336 g/mol. The SMILES string of the molecule is CCc1nc2sccn2c(=O)c1C(=O)NCc1ccc(Cl)nc1. The van der Waals surface area contributed by atoms with E-state index >= 15 is 0 Å². The predicted molar refractivity (Wildman–Crippen MR) is 89.1 cm³/mol. The van der Waals surface area contributed by atoms with Crippen LogP contribution >= 0.6 is 22.9 Å². The van der Waals surface area contributed by atoms with Crippen LogP contribution in [0, 0.1) is 0 Å². The van der Waals surface area contributed by atoms with Crippen molar-refractivity contribution < 1.29 is 4.79 Å². The molecule has 0 saturated carbocycles. The smallest absolute Gasteiger partial charge is 0.271 e. The Morgan fingerprint density at radius 1 is 1.43 bits per heavy atom. The molecular formula is C15H13ClN4O2S. The van der Waals surface area contributed by atoms with Gasteiger partial charge in [-0.2, -0.15) is 0 Å². The number of hydrogen-bond acceptors (Lipinski definition) is 5. The monoisotopic (exact) mass is 348 g/mol. The Labute approximate surface area is 140 Å². The molecule has 0 aliphatic heterocycles. The van der Waals surface area contributed by atoms with Crippen molar-refractivity contribution in [2.75, 3.05) is 0 Å². The van der Waals surface area contributed by atoms with E-state index in [2.05, 4.69) is 15.3 Å². The number of aryl methyl sites for hydroxylation is 1. The van der Waals surface area contributed by atoms with Gasteiger partial charge >= 0.3 is 0 Å². The number of thiazole rings is 1. The molecule has 23 heavy (non-hydrogen) atoms. The number of fused-ring (bicyclic) bond motifs is 1. The average molecular weight is 349 g/mol. The lowest BCUT2D eigenvalue weighted by atomic mass is 10.1. The molecule has 0 unspecified atom stereocenters. The molecule has 0 bridgehead atoms. The van der Waals surface area contributed by atoms with E-state index in [-0.39, 0.29) is 17.7 Å². The molecule has 6 nitrogen and oxygen atoms in total. The maximum atomic E-state index is 12.5. The number of nitrogens with one attached hydrogen (secondary N) is 1. The van der Waals surface area contributed by atoms with E-state index in [1.54, 1.807) is 29.9 Å². The highest BCUT2D eigenvalue weighted by Gasteiger charge is 2.19. The van der Waals surface area contributed by atoms with Crippen LogP contribution in [0.4, 0.5) is 0 Å². The van der Waals surface area contributed by atoms with E-state index in [1.807, 2.05) is 6.92 Å². The quantitative estimate of drug-likeness (QED) is 0.734. The summed E-state index contributed by atoms with van der Waals surface area (Å²) in [5.74, 6) is -0.435. The summed E-state index contributed by atoms with van der Waals surface area (Å²) in [6.07, 6.45) is 3.71. The Morgan fingerprint density at radius 2 is 2.26 bits per heavy atom. The second-order valence-corrected chi connectivity index (χ2v) is 6.08. The standard InChI is InChI=1S/C15H13ClN4O2S/c1-2-10-12(14(22)20-5-6-23-15(20)19-10)13(21)18-8-9-3-4-11(16)17-7-9/h3-7H,2,8H2,1H3,(H,18,21). The van der Waals surface area contributed by atoms with Crippen molar-refractivity contribution >= 4 is 33.8 Å². The van der Waals surface area contributed by atoms with Gasteiger partial charge in [0.2, 0.25) is 0 Å². The fourth-order valence-corrected chi connectivity index (χ4v) is 3.02. The minimum atomic E-state index is -0.435. The van der Waals surface area contributed by atoms with Crippen molar-refractivity contribution in [1.82, 2.24) is 19.7 Å². The molecule has 3 aromatic heterocycles. The summed E-state index contributed by atoms with van der Waals surface area (Å²) in [5.41, 5.74) is 1.04. The number of amides is 1. The summed E-state index contributed by atoms with van der Waals surface area (Å²) in [6.45, 7) is 2.13. The van der Waals surface area contributed by atoms with Gasteiger partial charge in [-0.15, -0.1) is 11.3 Å². The highest BCUT2D eigenvalue weighted by Crippen LogP contribution is 2.11. The molecule has 8 heteroatoms. The summed E-state index contributed by atoms with van der Waals surface area (Å²) in [4.78, 5) is 33.9. The molecule has 0 radical (unpaired) electrons. The molecule has 0 saturated heterocycles. The molecule has 1 amide bonds. The van der Waals surface area contributed by atoms with Crippen LogP contribution in [0.25, 0.3) is 4.96 Å². The van der Waals surface area contributed by atoms with Gasteiger partial charge in [0.1, 0.15) is 10.7 Å². The summed E-state index contributed by atoms with van der Waals surface area (Å²) >= 11 is 7.09. The summed E-state index contributed by atoms with van der Waals surface area (Å²) in [6, 6.07) is 3.41. The van der Waals surface area contributed by atoms with Gasteiger partial charge in [0.05, 0.1) is 5.69 Å². The van der Waals surface area contributed by atoms with Crippen LogP contribution in [0.15, 0.2) is 34.7 Å². The van der Waals surface area contributed by atoms with Gasteiger partial charge in [-0.1, -0.05) is 24.6 Å². The third kappa shape index (κ3) is 3.11. The number of hydrogen-bond donors (Lipinski definition) is 1. The third-order valence-electron chi connectivity index (χ3n) is 3.34. The van der Waals surface area contributed by atoms with Crippen LogP contribution in [0.3, 0.4) is 0 Å². The van der Waals surface area contributed by atoms with E-state index in [9.17, 15) is 9.59 Å². The van der Waals surface area contributed by atoms with Gasteiger partial charge < -0.3 is 5.32 Å². The van der Waals surface area contributed by atoms with E-state index in [4.69, 9.17) is 11.6 Å². The normalized spacial score (nSPS) is 10.9. The number of rotatable bonds is 4. The van der Waals surface area contributed by atoms with Crippen LogP contribution in [0.1, 0.15) is 28.5 Å². The third-order valence-corrected chi connectivity index (χ3v) is 4.33. The van der Waals surface area contributed by atoms with E-state index in [1.165, 1.54) is 15.7 Å². The Bertz CT molecular complexity index is 917. The summed E-state index contributed by atoms with van der Waals surface area (Å²) < 4.78 is 1.39. The van der Waals surface area contributed by atoms with Gasteiger partial charge in [0, 0.05) is 24.3 Å². The van der Waals surface area contributed by atoms with Crippen molar-refractivity contribution in [2.24, 2.45) is 0 Å². The number of aromatic nitrogens is 3. The summed E-state index contributed by atoms with van der Waals surface area (Å²) in [5, 5.41) is 4.89. The van der Waals surface area contributed by atoms with Gasteiger partial charge in [0.25, 0.3) is 11.5 Å². The Hall–Kier alpha value is -2.25. The fourth-order valence-electron chi connectivity index (χ4n) is 2.19. The van der Waals surface area contributed by atoms with Gasteiger partial charge in [-0.05, 0) is 18.1 Å². The van der Waals surface area contributed by atoms with Crippen LogP contribution in [0.2, 0.25) is 5.15 Å². The van der Waals surface area contributed by atoms with E-state index in [0.29, 0.717) is 22.2 Å². The molecule has 118 valence electrons. The van der Waals surface area contributed by atoms with Crippen LogP contribution in [0.5, 0.6) is 0 Å². The molecule has 0 aliphatic carbocycles. The first kappa shape index (κ1) is 15.6. The minimum absolute atomic E-state index is 0.0883. The number of halogens is 1. The Kier molecular flexibility index (Phi) is 4.40. The van der Waals surface area contributed by atoms with E-state index < -0.39 is 5.91 Å². The number of pyridine rings is 1. The first-order chi connectivity index (χ1) is 11.1. The average Bonchev–Trinajstić information content (AvgIpc) is 3.02. The van der Waals surface area contributed by atoms with Crippen molar-refractivity contribution in [2.45, 2.75) is 19.9 Å². The first-order valence-electron chi connectivity index (χ1n) is 6.97. The molecule has 3 rings (SSSR count). The molecule has 3 heterocycles. The zero-order valence-corrected chi connectivity index (χ0v) is 13.8. The Morgan fingerprint density at radius 3 is 2.96 bits per heavy atom. The number of carbonyl (C=O) groups is 1. The van der Waals surface area contributed by atoms with Crippen molar-refractivity contribution in [3.8, 4) is 0 Å². The topological polar surface area (TPSA) is 76.4 Å². The molecule has 0 atom stereocenters. The zero-order chi connectivity index (χ0) is 16.4. The Balaban J connectivity index is 1.89. The van der Waals surface area contributed by atoms with Crippen molar-refractivity contribution in [1.29, 1.82) is 0 Å². The lowest BCUT2D eigenvalue weighted by molar-refractivity contribution is 0.0948. The fraction of sp³-hybridized carbons (Fsp3) is 0.200. The molecule has 0 spiro atoms. The van der Waals surface area contributed by atoms with Gasteiger partial charge in [0.15, 0.2) is 4.96 Å². The van der Waals surface area contributed by atoms with Gasteiger partial charge in [-0.3, -0.25) is 14.0 Å². The largest absolute Gasteiger partial charge is 0.348 e. The molecule has 0 aliphatic rings. The minimum Gasteiger partial charge on any atom is -0.348 e. The maximum Gasteiger partial charge on any atom is 0.271 e. The predicted octanol–water partition coefficient (Wildman–Crippen LogP) is 2.30. The first-order valence-corrected chi connectivity index (χ1v) is 8.23. The highest BCUT2D eigenvalue weighted by atomic mass is 35.5. The maximum absolute atomic E-state index is 12.5. The second-order valence-electron chi connectivity index (χ2n) is 4.82. The van der Waals surface area contributed by atoms with Gasteiger partial charge in [-0.25, -0.2) is 9.97 Å².